The fourth-order valence-electron chi connectivity index (χ4n) is 3.32. The summed E-state index contributed by atoms with van der Waals surface area (Å²) in [5, 5.41) is 5.79. The molecule has 0 spiro atoms. The zero-order valence-corrected chi connectivity index (χ0v) is 16.0. The lowest BCUT2D eigenvalue weighted by molar-refractivity contribution is -0.898. The molecule has 27 heavy (non-hydrogen) atoms. The van der Waals surface area contributed by atoms with E-state index < -0.39 is 11.9 Å². The van der Waals surface area contributed by atoms with Crippen molar-refractivity contribution in [3.8, 4) is 0 Å². The van der Waals surface area contributed by atoms with Crippen LogP contribution >= 0.6 is 0 Å². The summed E-state index contributed by atoms with van der Waals surface area (Å²) in [5.74, 6) is -0.713. The van der Waals surface area contributed by atoms with Gasteiger partial charge in [0, 0.05) is 11.4 Å². The summed E-state index contributed by atoms with van der Waals surface area (Å²) in [6, 6.07) is 13.8. The number of quaternary nitrogens is 1. The van der Waals surface area contributed by atoms with E-state index >= 15 is 0 Å². The molecule has 1 heterocycles. The second-order valence-electron chi connectivity index (χ2n) is 6.97. The number of rotatable bonds is 6. The molecule has 2 aromatic rings. The zero-order chi connectivity index (χ0) is 19.2. The highest BCUT2D eigenvalue weighted by Crippen LogP contribution is 2.19. The zero-order valence-electron chi connectivity index (χ0n) is 16.0. The number of anilines is 3. The van der Waals surface area contributed by atoms with Crippen LogP contribution in [0.1, 0.15) is 13.8 Å². The molecule has 144 valence electrons. The summed E-state index contributed by atoms with van der Waals surface area (Å²) in [7, 11) is 0. The third-order valence-corrected chi connectivity index (χ3v) is 5.11. The minimum absolute atomic E-state index is 0.194. The van der Waals surface area contributed by atoms with Crippen LogP contribution in [0.5, 0.6) is 0 Å². The maximum Gasteiger partial charge on any atom is 0.246 e. The van der Waals surface area contributed by atoms with Crippen LogP contribution in [0, 0.1) is 5.82 Å². The second kappa shape index (κ2) is 8.86. The Morgan fingerprint density at radius 2 is 1.81 bits per heavy atom. The maximum absolute atomic E-state index is 13.7. The number of amides is 1. The molecule has 3 rings (SSSR count). The summed E-state index contributed by atoms with van der Waals surface area (Å²) in [5.41, 5.74) is 2.27. The van der Waals surface area contributed by atoms with Gasteiger partial charge in [-0.05, 0) is 50.2 Å². The third-order valence-electron chi connectivity index (χ3n) is 5.11. The van der Waals surface area contributed by atoms with Crippen molar-refractivity contribution in [1.82, 2.24) is 0 Å². The number of piperazine rings is 1. The lowest BCUT2D eigenvalue weighted by Crippen LogP contribution is -3.14. The molecule has 5 nitrogen and oxygen atoms in total. The Morgan fingerprint density at radius 1 is 1.15 bits per heavy atom. The molecule has 0 aliphatic carbocycles. The van der Waals surface area contributed by atoms with Gasteiger partial charge >= 0.3 is 0 Å². The molecule has 0 aromatic heterocycles. The number of carbonyl (C=O) groups excluding carboxylic acids is 1. The Hall–Kier alpha value is -2.60. The normalized spacial score (nSPS) is 16.0. The number of hydrogen-bond acceptors (Lipinski definition) is 3. The molecule has 0 saturated carbocycles. The van der Waals surface area contributed by atoms with E-state index in [0.29, 0.717) is 0 Å². The van der Waals surface area contributed by atoms with E-state index in [1.807, 2.05) is 12.1 Å². The van der Waals surface area contributed by atoms with Gasteiger partial charge in [0.05, 0.1) is 38.4 Å². The predicted molar refractivity (Wildman–Crippen MR) is 108 cm³/mol. The van der Waals surface area contributed by atoms with E-state index in [0.717, 1.165) is 18.8 Å². The minimum atomic E-state index is -0.479. The number of carbonyl (C=O) groups is 1. The third kappa shape index (κ3) is 4.98. The van der Waals surface area contributed by atoms with Crippen molar-refractivity contribution in [1.29, 1.82) is 0 Å². The van der Waals surface area contributed by atoms with Crippen molar-refractivity contribution in [2.45, 2.75) is 19.9 Å². The van der Waals surface area contributed by atoms with Crippen LogP contribution in [-0.2, 0) is 4.79 Å². The summed E-state index contributed by atoms with van der Waals surface area (Å²) < 4.78 is 13.7. The Kier molecular flexibility index (Phi) is 6.29. The molecule has 0 bridgehead atoms. The van der Waals surface area contributed by atoms with Crippen LogP contribution < -0.4 is 20.4 Å². The Bertz CT molecular complexity index is 757. The van der Waals surface area contributed by atoms with Gasteiger partial charge in [-0.1, -0.05) is 12.1 Å². The van der Waals surface area contributed by atoms with Gasteiger partial charge in [0.1, 0.15) is 11.9 Å². The highest BCUT2D eigenvalue weighted by atomic mass is 19.1. The van der Waals surface area contributed by atoms with Crippen LogP contribution in [0.3, 0.4) is 0 Å². The summed E-state index contributed by atoms with van der Waals surface area (Å²) in [6.45, 7) is 9.65. The van der Waals surface area contributed by atoms with Crippen molar-refractivity contribution in [3.05, 3.63) is 54.3 Å². The molecule has 2 aromatic carbocycles. The summed E-state index contributed by atoms with van der Waals surface area (Å²) >= 11 is 0. The Labute approximate surface area is 160 Å². The lowest BCUT2D eigenvalue weighted by Gasteiger charge is -2.33. The largest absolute Gasteiger partial charge is 0.374 e. The fourth-order valence-corrected chi connectivity index (χ4v) is 3.32. The predicted octanol–water partition coefficient (Wildman–Crippen LogP) is 1.99. The van der Waals surface area contributed by atoms with E-state index in [1.165, 1.54) is 31.4 Å². The number of benzene rings is 2. The lowest BCUT2D eigenvalue weighted by atomic mass is 10.2. The number of para-hydroxylation sites is 1. The van der Waals surface area contributed by atoms with Gasteiger partial charge in [0.2, 0.25) is 5.91 Å². The summed E-state index contributed by atoms with van der Waals surface area (Å²) in [6.07, 6.45) is 0. The van der Waals surface area contributed by atoms with E-state index in [9.17, 15) is 9.18 Å². The average Bonchev–Trinajstić information content (AvgIpc) is 2.70. The monoisotopic (exact) mass is 371 g/mol. The molecule has 1 atom stereocenters. The molecular formula is C21H28FN4O+. The van der Waals surface area contributed by atoms with Gasteiger partial charge in [0.25, 0.3) is 0 Å². The van der Waals surface area contributed by atoms with E-state index in [2.05, 4.69) is 34.6 Å². The SMILES string of the molecule is CC[NH+]1CCN(c2ccc(N[C@@H](C)C(=O)Nc3ccccc3F)cc2)CC1. The van der Waals surface area contributed by atoms with Crippen LogP contribution in [0.15, 0.2) is 48.5 Å². The molecule has 0 unspecified atom stereocenters. The van der Waals surface area contributed by atoms with Crippen molar-refractivity contribution < 1.29 is 14.1 Å². The molecular weight excluding hydrogens is 343 g/mol. The standard InChI is InChI=1S/C21H27FN4O/c1-3-25-12-14-26(15-13-25)18-10-8-17(9-11-18)23-16(2)21(27)24-20-7-5-4-6-19(20)22/h4-11,16,23H,3,12-15H2,1-2H3,(H,24,27)/p+1/t16-/m0/s1. The van der Waals surface area contributed by atoms with E-state index in [-0.39, 0.29) is 11.6 Å². The minimum Gasteiger partial charge on any atom is -0.374 e. The van der Waals surface area contributed by atoms with Gasteiger partial charge < -0.3 is 20.4 Å². The highest BCUT2D eigenvalue weighted by molar-refractivity contribution is 5.96. The Morgan fingerprint density at radius 3 is 2.44 bits per heavy atom. The highest BCUT2D eigenvalue weighted by Gasteiger charge is 2.19. The van der Waals surface area contributed by atoms with E-state index in [1.54, 1.807) is 30.0 Å². The van der Waals surface area contributed by atoms with Crippen LogP contribution in [0.25, 0.3) is 0 Å². The summed E-state index contributed by atoms with van der Waals surface area (Å²) in [4.78, 5) is 16.3. The molecule has 1 amide bonds. The first-order chi connectivity index (χ1) is 13.1. The Balaban J connectivity index is 1.54. The molecule has 0 radical (unpaired) electrons. The first-order valence-electron chi connectivity index (χ1n) is 9.57. The average molecular weight is 371 g/mol. The van der Waals surface area contributed by atoms with Crippen molar-refractivity contribution >= 4 is 23.0 Å². The molecule has 6 heteroatoms. The molecule has 1 fully saturated rings. The van der Waals surface area contributed by atoms with Gasteiger partial charge in [-0.15, -0.1) is 0 Å². The first-order valence-corrected chi connectivity index (χ1v) is 9.57. The fraction of sp³-hybridized carbons (Fsp3) is 0.381. The molecule has 3 N–H and O–H groups in total. The quantitative estimate of drug-likeness (QED) is 0.728. The molecule has 1 aliphatic rings. The van der Waals surface area contributed by atoms with E-state index in [4.69, 9.17) is 0 Å². The van der Waals surface area contributed by atoms with Crippen LogP contribution in [0.4, 0.5) is 21.5 Å². The maximum atomic E-state index is 13.7. The van der Waals surface area contributed by atoms with Gasteiger partial charge in [-0.3, -0.25) is 4.79 Å². The van der Waals surface area contributed by atoms with Crippen LogP contribution in [-0.4, -0.2) is 44.7 Å². The molecule has 1 aliphatic heterocycles. The second-order valence-corrected chi connectivity index (χ2v) is 6.97. The van der Waals surface area contributed by atoms with Crippen molar-refractivity contribution in [2.24, 2.45) is 0 Å². The smallest absolute Gasteiger partial charge is 0.246 e. The number of halogens is 1. The topological polar surface area (TPSA) is 48.8 Å². The number of nitrogens with one attached hydrogen (secondary N) is 3. The van der Waals surface area contributed by atoms with Crippen molar-refractivity contribution in [3.63, 3.8) is 0 Å². The first kappa shape index (κ1) is 19.2. The molecule has 1 saturated heterocycles. The van der Waals surface area contributed by atoms with Crippen molar-refractivity contribution in [2.75, 3.05) is 48.3 Å². The van der Waals surface area contributed by atoms with Crippen LogP contribution in [0.2, 0.25) is 0 Å². The number of hydrogen-bond donors (Lipinski definition) is 3. The number of likely N-dealkylation sites (N-methyl/N-ethyl adjacent to an activating group) is 1. The number of nitrogens with zero attached hydrogens (tertiary/aromatic N) is 1. The van der Waals surface area contributed by atoms with Gasteiger partial charge in [-0.2, -0.15) is 0 Å². The van der Waals surface area contributed by atoms with Gasteiger partial charge in [-0.25, -0.2) is 4.39 Å². The van der Waals surface area contributed by atoms with Gasteiger partial charge in [0.15, 0.2) is 0 Å².